The summed E-state index contributed by atoms with van der Waals surface area (Å²) >= 11 is 0. The number of nitrogens with zero attached hydrogens (tertiary/aromatic N) is 4. The lowest BCUT2D eigenvalue weighted by Crippen LogP contribution is -1.98. The molecule has 12 rings (SSSR count). The van der Waals surface area contributed by atoms with E-state index in [1.807, 2.05) is 24.7 Å². The Kier molecular flexibility index (Phi) is 11.2. The third kappa shape index (κ3) is 8.61. The second kappa shape index (κ2) is 18.5. The summed E-state index contributed by atoms with van der Waals surface area (Å²) in [5.74, 6) is 0. The molecule has 0 saturated heterocycles. The van der Waals surface area contributed by atoms with E-state index >= 15 is 0 Å². The number of rotatable bonds is 12. The van der Waals surface area contributed by atoms with E-state index in [4.69, 9.17) is 15.0 Å². The van der Waals surface area contributed by atoms with Crippen LogP contribution in [0, 0.1) is 0 Å². The van der Waals surface area contributed by atoms with E-state index in [9.17, 15) is 0 Å². The van der Waals surface area contributed by atoms with Gasteiger partial charge in [-0.3, -0.25) is 14.4 Å². The fourth-order valence-electron chi connectivity index (χ4n) is 9.96. The van der Waals surface area contributed by atoms with Crippen molar-refractivity contribution in [3.63, 3.8) is 0 Å². The molecule has 0 N–H and O–H groups in total. The van der Waals surface area contributed by atoms with Crippen molar-refractivity contribution in [3.05, 3.63) is 265 Å². The first-order valence-electron chi connectivity index (χ1n) is 23.9. The van der Waals surface area contributed by atoms with Gasteiger partial charge in [0.15, 0.2) is 0 Å². The molecule has 8 aromatic carbocycles. The van der Waals surface area contributed by atoms with Crippen molar-refractivity contribution in [2.24, 2.45) is 0 Å². The monoisotopic (exact) mass is 884 g/mol. The second-order valence-electron chi connectivity index (χ2n) is 18.0. The van der Waals surface area contributed by atoms with Crippen LogP contribution in [0.2, 0.25) is 0 Å². The summed E-state index contributed by atoms with van der Waals surface area (Å²) in [4.78, 5) is 14.7. The fraction of sp³-hybridized carbons (Fsp3) is 0.0615. The minimum absolute atomic E-state index is 0.901. The van der Waals surface area contributed by atoms with Crippen LogP contribution in [-0.4, -0.2) is 19.4 Å². The van der Waals surface area contributed by atoms with E-state index in [1.54, 1.807) is 0 Å². The van der Waals surface area contributed by atoms with E-state index in [-0.39, 0.29) is 0 Å². The van der Waals surface area contributed by atoms with Crippen molar-refractivity contribution in [1.82, 2.24) is 19.4 Å². The van der Waals surface area contributed by atoms with Gasteiger partial charge in [0.2, 0.25) is 0 Å². The highest BCUT2D eigenvalue weighted by molar-refractivity contribution is 6.11. The fourth-order valence-corrected chi connectivity index (χ4v) is 9.96. The van der Waals surface area contributed by atoms with E-state index < -0.39 is 0 Å². The smallest absolute Gasteiger partial charge is 0.145 e. The Morgan fingerprint density at radius 3 is 1.61 bits per heavy atom. The molecule has 0 fully saturated rings. The molecule has 12 aromatic rings. The molecule has 4 heterocycles. The number of hydrogen-bond acceptors (Lipinski definition) is 3. The van der Waals surface area contributed by atoms with Gasteiger partial charge in [0, 0.05) is 52.3 Å². The molecule has 0 unspecified atom stereocenters. The maximum absolute atomic E-state index is 5.08. The van der Waals surface area contributed by atoms with Gasteiger partial charge in [0.25, 0.3) is 0 Å². The molecule has 0 amide bonds. The van der Waals surface area contributed by atoms with E-state index in [0.29, 0.717) is 0 Å². The van der Waals surface area contributed by atoms with Crippen LogP contribution in [0.1, 0.15) is 22.3 Å². The zero-order valence-electron chi connectivity index (χ0n) is 38.2. The minimum Gasteiger partial charge on any atom is -0.299 e. The van der Waals surface area contributed by atoms with Crippen LogP contribution in [0.3, 0.4) is 0 Å². The van der Waals surface area contributed by atoms with Gasteiger partial charge in [0.1, 0.15) is 5.65 Å². The van der Waals surface area contributed by atoms with Gasteiger partial charge >= 0.3 is 0 Å². The van der Waals surface area contributed by atoms with Crippen LogP contribution in [0.5, 0.6) is 0 Å². The zero-order chi connectivity index (χ0) is 45.9. The predicted molar refractivity (Wildman–Crippen MR) is 286 cm³/mol. The molecular formula is C65H48N4. The first-order chi connectivity index (χ1) is 34.2. The third-order valence-corrected chi connectivity index (χ3v) is 13.6. The summed E-state index contributed by atoms with van der Waals surface area (Å²) in [7, 11) is 0. The topological polar surface area (TPSA) is 43.1 Å². The SMILES string of the molecule is c1ccc(-c2ccc(-c3cccc(-c4ccc(-c5ccccc5-c5cc(CCc6ccc(-c7ccccc7)nc6)cc(CCc6ccc7c(c6)c6ccccc6n6ccnc76)c5)cn4)c3)cc2)cc1. The van der Waals surface area contributed by atoms with Gasteiger partial charge in [0.05, 0.1) is 16.9 Å². The van der Waals surface area contributed by atoms with Crippen molar-refractivity contribution in [3.8, 4) is 67.0 Å². The molecule has 4 heteroatoms. The third-order valence-electron chi connectivity index (χ3n) is 13.6. The molecule has 0 aliphatic rings. The maximum Gasteiger partial charge on any atom is 0.145 e. The summed E-state index contributed by atoms with van der Waals surface area (Å²) < 4.78 is 2.20. The molecule has 0 aliphatic carbocycles. The average molecular weight is 885 g/mol. The summed E-state index contributed by atoms with van der Waals surface area (Å²) in [5, 5.41) is 3.67. The maximum atomic E-state index is 5.08. The number of pyridine rings is 3. The van der Waals surface area contributed by atoms with Gasteiger partial charge in [-0.2, -0.15) is 0 Å². The lowest BCUT2D eigenvalue weighted by Gasteiger charge is -2.15. The number of fused-ring (bicyclic) bond motifs is 6. The van der Waals surface area contributed by atoms with Crippen LogP contribution in [0.15, 0.2) is 243 Å². The number of hydrogen-bond donors (Lipinski definition) is 0. The Labute approximate surface area is 402 Å². The van der Waals surface area contributed by atoms with Crippen LogP contribution < -0.4 is 0 Å². The van der Waals surface area contributed by atoms with Crippen LogP contribution >= 0.6 is 0 Å². The standard InChI is InChI=1S/C65H48N4/c1-3-12-49(13-4-1)50-28-30-51(31-29-50)53-16-11-17-54(42-53)63-35-32-55(44-68-63)57-18-7-8-19-58(57)56-39-47(38-48(40-56)25-23-46-27-34-62(67-43-46)52-14-5-2-6-15-52)24-22-45-26-33-60-61(41-45)59-20-9-10-21-64(59)69-37-36-66-65(60)69/h1-21,26-44H,22-25H2. The van der Waals surface area contributed by atoms with Gasteiger partial charge in [-0.25, -0.2) is 4.98 Å². The Morgan fingerprint density at radius 1 is 0.304 bits per heavy atom. The van der Waals surface area contributed by atoms with Gasteiger partial charge in [-0.1, -0.05) is 194 Å². The van der Waals surface area contributed by atoms with Crippen LogP contribution in [0.25, 0.3) is 94.3 Å². The molecule has 0 radical (unpaired) electrons. The highest BCUT2D eigenvalue weighted by Gasteiger charge is 2.14. The summed E-state index contributed by atoms with van der Waals surface area (Å²) in [6.07, 6.45) is 11.7. The van der Waals surface area contributed by atoms with Gasteiger partial charge in [-0.15, -0.1) is 0 Å². The molecular weight excluding hydrogens is 837 g/mol. The Balaban J connectivity index is 0.843. The average Bonchev–Trinajstić information content (AvgIpc) is 3.94. The molecule has 4 nitrogen and oxygen atoms in total. The lowest BCUT2D eigenvalue weighted by atomic mass is 9.90. The molecule has 0 saturated carbocycles. The molecule has 328 valence electrons. The Bertz CT molecular complexity index is 3740. The van der Waals surface area contributed by atoms with Crippen molar-refractivity contribution < 1.29 is 0 Å². The minimum atomic E-state index is 0.901. The summed E-state index contributed by atoms with van der Waals surface area (Å²) in [6.45, 7) is 0. The number of benzene rings is 8. The summed E-state index contributed by atoms with van der Waals surface area (Å²) in [6, 6.07) is 78.8. The summed E-state index contributed by atoms with van der Waals surface area (Å²) in [5.41, 5.74) is 21.0. The van der Waals surface area contributed by atoms with E-state index in [0.717, 1.165) is 59.4 Å². The first kappa shape index (κ1) is 41.7. The van der Waals surface area contributed by atoms with Crippen molar-refractivity contribution in [1.29, 1.82) is 0 Å². The molecule has 0 bridgehead atoms. The normalized spacial score (nSPS) is 11.4. The van der Waals surface area contributed by atoms with Crippen molar-refractivity contribution in [2.45, 2.75) is 25.7 Å². The largest absolute Gasteiger partial charge is 0.299 e. The molecule has 69 heavy (non-hydrogen) atoms. The van der Waals surface area contributed by atoms with E-state index in [2.05, 4.69) is 223 Å². The van der Waals surface area contributed by atoms with Gasteiger partial charge in [-0.05, 0) is 117 Å². The van der Waals surface area contributed by atoms with Gasteiger partial charge < -0.3 is 0 Å². The molecule has 4 aromatic heterocycles. The second-order valence-corrected chi connectivity index (χ2v) is 18.0. The quantitative estimate of drug-likeness (QED) is 0.115. The number of imidazole rings is 1. The number of aromatic nitrogens is 4. The zero-order valence-corrected chi connectivity index (χ0v) is 38.2. The molecule has 0 aliphatic heterocycles. The lowest BCUT2D eigenvalue weighted by molar-refractivity contribution is 0.928. The highest BCUT2D eigenvalue weighted by Crippen LogP contribution is 2.36. The Hall–Kier alpha value is -8.73. The van der Waals surface area contributed by atoms with Crippen molar-refractivity contribution in [2.75, 3.05) is 0 Å². The molecule has 0 spiro atoms. The van der Waals surface area contributed by atoms with Crippen LogP contribution in [-0.2, 0) is 25.7 Å². The molecule has 0 atom stereocenters. The number of aryl methyl sites for hydroxylation is 4. The van der Waals surface area contributed by atoms with E-state index in [1.165, 1.54) is 82.9 Å². The highest BCUT2D eigenvalue weighted by atomic mass is 15.0. The first-order valence-corrected chi connectivity index (χ1v) is 23.9. The Morgan fingerprint density at radius 2 is 0.870 bits per heavy atom. The van der Waals surface area contributed by atoms with Crippen molar-refractivity contribution >= 4 is 27.3 Å². The predicted octanol–water partition coefficient (Wildman–Crippen LogP) is 16.0. The number of para-hydroxylation sites is 1. The van der Waals surface area contributed by atoms with Crippen LogP contribution in [0.4, 0.5) is 0 Å².